The normalized spacial score (nSPS) is 14.5. The highest BCUT2D eigenvalue weighted by Crippen LogP contribution is 2.22. The van der Waals surface area contributed by atoms with Crippen molar-refractivity contribution in [2.75, 3.05) is 25.0 Å². The van der Waals surface area contributed by atoms with Crippen molar-refractivity contribution in [3.05, 3.63) is 90.0 Å². The molecular formula is C27H29N3O4. The summed E-state index contributed by atoms with van der Waals surface area (Å²) in [6.45, 7) is 2.78. The third-order valence-corrected chi connectivity index (χ3v) is 5.87. The van der Waals surface area contributed by atoms with Crippen molar-refractivity contribution in [2.24, 2.45) is 0 Å². The quantitative estimate of drug-likeness (QED) is 0.440. The second kappa shape index (κ2) is 11.4. The maximum absolute atomic E-state index is 12.5. The largest absolute Gasteiger partial charge is 0.478 e. The molecule has 0 aliphatic carbocycles. The molecule has 176 valence electrons. The van der Waals surface area contributed by atoms with Crippen LogP contribution in [-0.2, 0) is 11.3 Å². The van der Waals surface area contributed by atoms with Crippen molar-refractivity contribution in [1.29, 1.82) is 0 Å². The van der Waals surface area contributed by atoms with Gasteiger partial charge in [0.2, 0.25) is 5.91 Å². The van der Waals surface area contributed by atoms with Crippen LogP contribution in [0.15, 0.2) is 78.9 Å². The van der Waals surface area contributed by atoms with Gasteiger partial charge in [-0.2, -0.15) is 0 Å². The molecule has 0 atom stereocenters. The van der Waals surface area contributed by atoms with E-state index in [9.17, 15) is 9.59 Å². The molecule has 1 heterocycles. The van der Waals surface area contributed by atoms with E-state index in [-0.39, 0.29) is 5.91 Å². The summed E-state index contributed by atoms with van der Waals surface area (Å²) in [7, 11) is 0. The Balaban J connectivity index is 1.16. The van der Waals surface area contributed by atoms with Gasteiger partial charge in [0.25, 0.3) is 0 Å². The molecule has 3 N–H and O–H groups in total. The molecule has 0 bridgehead atoms. The van der Waals surface area contributed by atoms with Gasteiger partial charge < -0.3 is 20.5 Å². The predicted molar refractivity (Wildman–Crippen MR) is 131 cm³/mol. The zero-order valence-electron chi connectivity index (χ0n) is 18.9. The van der Waals surface area contributed by atoms with Crippen LogP contribution in [0.1, 0.15) is 28.8 Å². The van der Waals surface area contributed by atoms with Crippen LogP contribution in [0, 0.1) is 0 Å². The number of amides is 1. The Morgan fingerprint density at radius 3 is 2.18 bits per heavy atom. The lowest BCUT2D eigenvalue weighted by atomic mass is 10.0. The number of carboxylic acid groups (broad SMARTS) is 1. The molecule has 3 aromatic rings. The number of carboxylic acids is 1. The SMILES string of the molecule is O=C(CN1CCC(NCc2ccc(C(=O)O)cc2)CC1)Nc1ccc(Oc2ccccc2)cc1. The minimum atomic E-state index is -0.912. The van der Waals surface area contributed by atoms with E-state index in [2.05, 4.69) is 15.5 Å². The molecule has 1 saturated heterocycles. The number of ether oxygens (including phenoxy) is 1. The van der Waals surface area contributed by atoms with Gasteiger partial charge in [-0.3, -0.25) is 9.69 Å². The summed E-state index contributed by atoms with van der Waals surface area (Å²) in [5, 5.41) is 15.5. The molecule has 7 heteroatoms. The average molecular weight is 460 g/mol. The third kappa shape index (κ3) is 6.91. The Kier molecular flexibility index (Phi) is 7.91. The minimum Gasteiger partial charge on any atom is -0.478 e. The molecule has 3 aromatic carbocycles. The smallest absolute Gasteiger partial charge is 0.335 e. The first-order valence-electron chi connectivity index (χ1n) is 11.5. The average Bonchev–Trinajstić information content (AvgIpc) is 2.86. The van der Waals surface area contributed by atoms with Gasteiger partial charge in [-0.15, -0.1) is 0 Å². The second-order valence-corrected chi connectivity index (χ2v) is 8.42. The Morgan fingerprint density at radius 1 is 0.882 bits per heavy atom. The van der Waals surface area contributed by atoms with E-state index in [1.165, 1.54) is 0 Å². The van der Waals surface area contributed by atoms with Crippen LogP contribution in [0.2, 0.25) is 0 Å². The van der Waals surface area contributed by atoms with E-state index in [1.54, 1.807) is 12.1 Å². The number of likely N-dealkylation sites (tertiary alicyclic amines) is 1. The molecule has 0 spiro atoms. The molecule has 1 aliphatic heterocycles. The summed E-state index contributed by atoms with van der Waals surface area (Å²) in [6.07, 6.45) is 1.93. The first-order chi connectivity index (χ1) is 16.5. The first kappa shape index (κ1) is 23.5. The number of nitrogens with one attached hydrogen (secondary N) is 2. The lowest BCUT2D eigenvalue weighted by molar-refractivity contribution is -0.117. The highest BCUT2D eigenvalue weighted by atomic mass is 16.5. The number of piperidine rings is 1. The molecule has 1 aliphatic rings. The van der Waals surface area contributed by atoms with Gasteiger partial charge in [-0.25, -0.2) is 4.79 Å². The van der Waals surface area contributed by atoms with Gasteiger partial charge >= 0.3 is 5.97 Å². The molecule has 1 fully saturated rings. The number of aromatic carboxylic acids is 1. The number of rotatable bonds is 9. The Morgan fingerprint density at radius 2 is 1.53 bits per heavy atom. The van der Waals surface area contributed by atoms with Crippen LogP contribution in [0.5, 0.6) is 11.5 Å². The number of benzene rings is 3. The summed E-state index contributed by atoms with van der Waals surface area (Å²) in [4.78, 5) is 25.6. The van der Waals surface area contributed by atoms with Crippen molar-refractivity contribution >= 4 is 17.6 Å². The second-order valence-electron chi connectivity index (χ2n) is 8.42. The Bertz CT molecular complexity index is 1080. The van der Waals surface area contributed by atoms with E-state index in [1.807, 2.05) is 66.7 Å². The number of nitrogens with zero attached hydrogens (tertiary/aromatic N) is 1. The molecule has 7 nitrogen and oxygen atoms in total. The van der Waals surface area contributed by atoms with Crippen molar-refractivity contribution in [3.8, 4) is 11.5 Å². The topological polar surface area (TPSA) is 90.9 Å². The van der Waals surface area contributed by atoms with Crippen molar-refractivity contribution < 1.29 is 19.4 Å². The molecular weight excluding hydrogens is 430 g/mol. The summed E-state index contributed by atoms with van der Waals surface area (Å²) in [5.41, 5.74) is 2.11. The fourth-order valence-corrected chi connectivity index (χ4v) is 3.96. The van der Waals surface area contributed by atoms with E-state index in [0.717, 1.165) is 48.7 Å². The van der Waals surface area contributed by atoms with Crippen molar-refractivity contribution in [1.82, 2.24) is 10.2 Å². The number of carbonyl (C=O) groups excluding carboxylic acids is 1. The molecule has 4 rings (SSSR count). The predicted octanol–water partition coefficient (Wildman–Crippen LogP) is 4.37. The molecule has 34 heavy (non-hydrogen) atoms. The number of carbonyl (C=O) groups is 2. The maximum Gasteiger partial charge on any atom is 0.335 e. The first-order valence-corrected chi connectivity index (χ1v) is 11.5. The Labute approximate surface area is 199 Å². The van der Waals surface area contributed by atoms with Crippen LogP contribution in [0.3, 0.4) is 0 Å². The molecule has 0 radical (unpaired) electrons. The van der Waals surface area contributed by atoms with Crippen molar-refractivity contribution in [2.45, 2.75) is 25.4 Å². The van der Waals surface area contributed by atoms with E-state index in [4.69, 9.17) is 9.84 Å². The maximum atomic E-state index is 12.5. The van der Waals surface area contributed by atoms with Crippen molar-refractivity contribution in [3.63, 3.8) is 0 Å². The van der Waals surface area contributed by atoms with Crippen LogP contribution in [0.4, 0.5) is 5.69 Å². The number of hydrogen-bond donors (Lipinski definition) is 3. The molecule has 0 aromatic heterocycles. The van der Waals surface area contributed by atoms with E-state index >= 15 is 0 Å². The summed E-state index contributed by atoms with van der Waals surface area (Å²) >= 11 is 0. The summed E-state index contributed by atoms with van der Waals surface area (Å²) < 4.78 is 5.78. The van der Waals surface area contributed by atoms with Gasteiger partial charge in [0.1, 0.15) is 11.5 Å². The standard InChI is InChI=1S/C27H29N3O4/c31-26(29-23-10-12-25(13-11-23)34-24-4-2-1-3-5-24)19-30-16-14-22(15-17-30)28-18-20-6-8-21(9-7-20)27(32)33/h1-13,22,28H,14-19H2,(H,29,31)(H,32,33). The molecule has 1 amide bonds. The van der Waals surface area contributed by atoms with Gasteiger partial charge in [0.05, 0.1) is 12.1 Å². The highest BCUT2D eigenvalue weighted by molar-refractivity contribution is 5.92. The number of hydrogen-bond acceptors (Lipinski definition) is 5. The summed E-state index contributed by atoms with van der Waals surface area (Å²) in [6, 6.07) is 24.3. The zero-order valence-corrected chi connectivity index (χ0v) is 18.9. The van der Waals surface area contributed by atoms with Crippen LogP contribution >= 0.6 is 0 Å². The van der Waals surface area contributed by atoms with E-state index in [0.29, 0.717) is 24.7 Å². The van der Waals surface area contributed by atoms with Crippen LogP contribution in [-0.4, -0.2) is 47.6 Å². The van der Waals surface area contributed by atoms with Gasteiger partial charge in [0, 0.05) is 31.4 Å². The van der Waals surface area contributed by atoms with Crippen LogP contribution < -0.4 is 15.4 Å². The molecule has 0 saturated carbocycles. The van der Waals surface area contributed by atoms with Crippen LogP contribution in [0.25, 0.3) is 0 Å². The fraction of sp³-hybridized carbons (Fsp3) is 0.259. The molecule has 0 unspecified atom stereocenters. The monoisotopic (exact) mass is 459 g/mol. The highest BCUT2D eigenvalue weighted by Gasteiger charge is 2.20. The van der Waals surface area contributed by atoms with E-state index < -0.39 is 5.97 Å². The summed E-state index contributed by atoms with van der Waals surface area (Å²) in [5.74, 6) is 0.552. The number of para-hydroxylation sites is 1. The number of anilines is 1. The zero-order chi connectivity index (χ0) is 23.8. The lowest BCUT2D eigenvalue weighted by Gasteiger charge is -2.32. The lowest BCUT2D eigenvalue weighted by Crippen LogP contribution is -2.44. The Hall–Kier alpha value is -3.68. The third-order valence-electron chi connectivity index (χ3n) is 5.87. The van der Waals surface area contributed by atoms with Gasteiger partial charge in [0.15, 0.2) is 0 Å². The van der Waals surface area contributed by atoms with Gasteiger partial charge in [-0.05, 0) is 66.9 Å². The van der Waals surface area contributed by atoms with Gasteiger partial charge in [-0.1, -0.05) is 30.3 Å². The minimum absolute atomic E-state index is 0.0262. The fourth-order valence-electron chi connectivity index (χ4n) is 3.96.